The number of aliphatic hydroxyl groups excluding tert-OH is 1. The van der Waals surface area contributed by atoms with Gasteiger partial charge in [0.15, 0.2) is 24.1 Å². The van der Waals surface area contributed by atoms with Crippen molar-refractivity contribution < 1.29 is 33.6 Å². The maximum absolute atomic E-state index is 12.3. The van der Waals surface area contributed by atoms with E-state index in [1.165, 1.54) is 21.3 Å². The Morgan fingerprint density at radius 2 is 1.61 bits per heavy atom. The lowest BCUT2D eigenvalue weighted by molar-refractivity contribution is -0.148. The zero-order valence-electron chi connectivity index (χ0n) is 15.9. The summed E-state index contributed by atoms with van der Waals surface area (Å²) in [6, 6.07) is 12.0. The van der Waals surface area contributed by atoms with Crippen LogP contribution in [-0.2, 0) is 14.3 Å². The average Bonchev–Trinajstić information content (AvgIpc) is 2.75. The van der Waals surface area contributed by atoms with Crippen molar-refractivity contribution in [2.45, 2.75) is 12.1 Å². The van der Waals surface area contributed by atoms with Gasteiger partial charge in [-0.05, 0) is 29.8 Å². The molecule has 0 bridgehead atoms. The van der Waals surface area contributed by atoms with Gasteiger partial charge in [0, 0.05) is 0 Å². The Bertz CT molecular complexity index is 791. The molecule has 2 atom stereocenters. The number of rotatable bonds is 9. The van der Waals surface area contributed by atoms with E-state index in [1.807, 2.05) is 0 Å². The van der Waals surface area contributed by atoms with Gasteiger partial charge in [-0.2, -0.15) is 0 Å². The van der Waals surface area contributed by atoms with Crippen molar-refractivity contribution in [3.8, 4) is 17.2 Å². The van der Waals surface area contributed by atoms with Crippen LogP contribution in [-0.4, -0.2) is 51.0 Å². The first kappa shape index (κ1) is 21.0. The Kier molecular flexibility index (Phi) is 7.65. The van der Waals surface area contributed by atoms with E-state index in [-0.39, 0.29) is 6.61 Å². The Labute approximate surface area is 163 Å². The van der Waals surface area contributed by atoms with Gasteiger partial charge in [-0.3, -0.25) is 4.79 Å². The van der Waals surface area contributed by atoms with Gasteiger partial charge >= 0.3 is 5.97 Å². The minimum Gasteiger partial charge on any atom is -0.497 e. The van der Waals surface area contributed by atoms with E-state index in [0.717, 1.165) is 0 Å². The summed E-state index contributed by atoms with van der Waals surface area (Å²) in [5.41, 5.74) is 0.419. The van der Waals surface area contributed by atoms with E-state index >= 15 is 0 Å². The number of esters is 1. The molecule has 0 saturated carbocycles. The number of methoxy groups -OCH3 is 3. The number of nitrogens with one attached hydrogen (secondary N) is 1. The predicted octanol–water partition coefficient (Wildman–Crippen LogP) is 1.47. The SMILES string of the molecule is COC(=O)C(NC(=O)COc1ccccc1OC)C(O)c1ccc(OC)cc1. The zero-order valence-corrected chi connectivity index (χ0v) is 15.9. The molecule has 0 aliphatic heterocycles. The van der Waals surface area contributed by atoms with Crippen LogP contribution in [0.4, 0.5) is 0 Å². The maximum atomic E-state index is 12.3. The fraction of sp³-hybridized carbons (Fsp3) is 0.300. The van der Waals surface area contributed by atoms with E-state index in [2.05, 4.69) is 5.32 Å². The van der Waals surface area contributed by atoms with E-state index in [4.69, 9.17) is 18.9 Å². The van der Waals surface area contributed by atoms with Gasteiger partial charge in [-0.1, -0.05) is 24.3 Å². The van der Waals surface area contributed by atoms with Crippen molar-refractivity contribution in [1.29, 1.82) is 0 Å². The Morgan fingerprint density at radius 1 is 0.964 bits per heavy atom. The molecule has 8 nitrogen and oxygen atoms in total. The Balaban J connectivity index is 2.06. The highest BCUT2D eigenvalue weighted by atomic mass is 16.5. The molecule has 150 valence electrons. The second-order valence-electron chi connectivity index (χ2n) is 5.73. The van der Waals surface area contributed by atoms with Crippen molar-refractivity contribution >= 4 is 11.9 Å². The number of hydrogen-bond acceptors (Lipinski definition) is 7. The quantitative estimate of drug-likeness (QED) is 0.626. The summed E-state index contributed by atoms with van der Waals surface area (Å²) in [5.74, 6) is 0.0613. The van der Waals surface area contributed by atoms with E-state index < -0.39 is 24.0 Å². The first-order valence-corrected chi connectivity index (χ1v) is 8.45. The van der Waals surface area contributed by atoms with Crippen LogP contribution in [0.25, 0.3) is 0 Å². The van der Waals surface area contributed by atoms with Crippen molar-refractivity contribution in [1.82, 2.24) is 5.32 Å². The van der Waals surface area contributed by atoms with E-state index in [0.29, 0.717) is 22.8 Å². The molecule has 1 amide bonds. The second-order valence-corrected chi connectivity index (χ2v) is 5.73. The van der Waals surface area contributed by atoms with E-state index in [1.54, 1.807) is 48.5 Å². The molecule has 2 rings (SSSR count). The van der Waals surface area contributed by atoms with Crippen LogP contribution in [0.1, 0.15) is 11.7 Å². The largest absolute Gasteiger partial charge is 0.497 e. The van der Waals surface area contributed by atoms with Crippen molar-refractivity contribution in [2.24, 2.45) is 0 Å². The molecule has 2 unspecified atom stereocenters. The van der Waals surface area contributed by atoms with E-state index in [9.17, 15) is 14.7 Å². The van der Waals surface area contributed by atoms with Gasteiger partial charge in [-0.15, -0.1) is 0 Å². The summed E-state index contributed by atoms with van der Waals surface area (Å²) in [7, 11) is 4.18. The van der Waals surface area contributed by atoms with Gasteiger partial charge in [-0.25, -0.2) is 4.79 Å². The molecule has 0 aliphatic carbocycles. The van der Waals surface area contributed by atoms with Crippen molar-refractivity contribution in [3.63, 3.8) is 0 Å². The molecule has 0 saturated heterocycles. The minimum atomic E-state index is -1.31. The van der Waals surface area contributed by atoms with Crippen LogP contribution in [0.3, 0.4) is 0 Å². The van der Waals surface area contributed by atoms with Crippen LogP contribution in [0.2, 0.25) is 0 Å². The van der Waals surface area contributed by atoms with Gasteiger partial charge in [0.2, 0.25) is 0 Å². The number of aliphatic hydroxyl groups is 1. The molecular weight excluding hydrogens is 366 g/mol. The summed E-state index contributed by atoms with van der Waals surface area (Å²) in [4.78, 5) is 24.3. The average molecular weight is 389 g/mol. The summed E-state index contributed by atoms with van der Waals surface area (Å²) < 4.78 is 20.3. The molecule has 2 N–H and O–H groups in total. The second kappa shape index (κ2) is 10.2. The third kappa shape index (κ3) is 5.37. The van der Waals surface area contributed by atoms with Gasteiger partial charge < -0.3 is 29.4 Å². The smallest absolute Gasteiger partial charge is 0.331 e. The molecule has 28 heavy (non-hydrogen) atoms. The highest BCUT2D eigenvalue weighted by Crippen LogP contribution is 2.25. The molecule has 0 fully saturated rings. The fourth-order valence-corrected chi connectivity index (χ4v) is 2.48. The third-order valence-corrected chi connectivity index (χ3v) is 3.97. The molecule has 0 aliphatic rings. The van der Waals surface area contributed by atoms with Crippen molar-refractivity contribution in [2.75, 3.05) is 27.9 Å². The zero-order chi connectivity index (χ0) is 20.5. The van der Waals surface area contributed by atoms with Crippen LogP contribution in [0.15, 0.2) is 48.5 Å². The van der Waals surface area contributed by atoms with Gasteiger partial charge in [0.1, 0.15) is 11.9 Å². The number of para-hydroxylation sites is 2. The number of carbonyl (C=O) groups is 2. The normalized spacial score (nSPS) is 12.4. The third-order valence-electron chi connectivity index (χ3n) is 3.97. The lowest BCUT2D eigenvalue weighted by Gasteiger charge is -2.22. The minimum absolute atomic E-state index is 0.372. The van der Waals surface area contributed by atoms with Crippen LogP contribution in [0, 0.1) is 0 Å². The highest BCUT2D eigenvalue weighted by molar-refractivity contribution is 5.85. The molecule has 8 heteroatoms. The monoisotopic (exact) mass is 389 g/mol. The Hall–Kier alpha value is -3.26. The standard InChI is InChI=1S/C20H23NO7/c1-25-14-10-8-13(9-11-14)19(23)18(20(24)27-3)21-17(22)12-28-16-7-5-4-6-15(16)26-2/h4-11,18-19,23H,12H2,1-3H3,(H,21,22). The molecule has 0 heterocycles. The first-order chi connectivity index (χ1) is 13.5. The molecular formula is C20H23NO7. The topological polar surface area (TPSA) is 103 Å². The summed E-state index contributed by atoms with van der Waals surface area (Å²) in [5, 5.41) is 13.0. The molecule has 2 aromatic carbocycles. The summed E-state index contributed by atoms with van der Waals surface area (Å²) in [6.45, 7) is -0.372. The molecule has 0 radical (unpaired) electrons. The van der Waals surface area contributed by atoms with Crippen LogP contribution >= 0.6 is 0 Å². The first-order valence-electron chi connectivity index (χ1n) is 8.45. The molecule has 2 aromatic rings. The maximum Gasteiger partial charge on any atom is 0.331 e. The van der Waals surface area contributed by atoms with Crippen LogP contribution in [0.5, 0.6) is 17.2 Å². The summed E-state index contributed by atoms with van der Waals surface area (Å²) in [6.07, 6.45) is -1.31. The molecule has 0 aromatic heterocycles. The summed E-state index contributed by atoms with van der Waals surface area (Å²) >= 11 is 0. The number of carbonyl (C=O) groups excluding carboxylic acids is 2. The fourth-order valence-electron chi connectivity index (χ4n) is 2.48. The lowest BCUT2D eigenvalue weighted by Crippen LogP contribution is -2.47. The lowest BCUT2D eigenvalue weighted by atomic mass is 10.0. The predicted molar refractivity (Wildman–Crippen MR) is 100 cm³/mol. The van der Waals surface area contributed by atoms with Gasteiger partial charge in [0.25, 0.3) is 5.91 Å². The number of amides is 1. The number of benzene rings is 2. The Morgan fingerprint density at radius 3 is 2.18 bits per heavy atom. The number of ether oxygens (including phenoxy) is 4. The van der Waals surface area contributed by atoms with Gasteiger partial charge in [0.05, 0.1) is 21.3 Å². The number of hydrogen-bond donors (Lipinski definition) is 2. The highest BCUT2D eigenvalue weighted by Gasteiger charge is 2.30. The van der Waals surface area contributed by atoms with Crippen LogP contribution < -0.4 is 19.5 Å². The molecule has 0 spiro atoms. The van der Waals surface area contributed by atoms with Crippen molar-refractivity contribution in [3.05, 3.63) is 54.1 Å².